The zero-order chi connectivity index (χ0) is 37.6. The number of ketones is 1. The molecule has 1 saturated heterocycles. The third-order valence-electron chi connectivity index (χ3n) is 11.3. The van der Waals surface area contributed by atoms with Crippen molar-refractivity contribution in [2.75, 3.05) is 18.8 Å². The fourth-order valence-electron chi connectivity index (χ4n) is 7.75. The Morgan fingerprint density at radius 2 is 1.56 bits per heavy atom. The van der Waals surface area contributed by atoms with E-state index in [1.165, 1.54) is 4.90 Å². The lowest BCUT2D eigenvalue weighted by Crippen LogP contribution is -2.64. The van der Waals surface area contributed by atoms with Gasteiger partial charge in [0.2, 0.25) is 17.6 Å². The van der Waals surface area contributed by atoms with Gasteiger partial charge in [0.25, 0.3) is 5.91 Å². The lowest BCUT2D eigenvalue weighted by Gasteiger charge is -2.41. The molecule has 0 aromatic heterocycles. The van der Waals surface area contributed by atoms with E-state index in [9.17, 15) is 36.8 Å². The normalized spacial score (nSPS) is 25.4. The summed E-state index contributed by atoms with van der Waals surface area (Å²) in [7, 11) is -3.58. The molecule has 1 aliphatic heterocycles. The van der Waals surface area contributed by atoms with Crippen LogP contribution in [0.15, 0.2) is 12.4 Å². The van der Waals surface area contributed by atoms with Crippen LogP contribution in [-0.2, 0) is 29.0 Å². The highest BCUT2D eigenvalue weighted by atomic mass is 32.2. The summed E-state index contributed by atoms with van der Waals surface area (Å²) in [5, 5.41) is 10.8. The van der Waals surface area contributed by atoms with Crippen molar-refractivity contribution in [2.24, 2.45) is 28.6 Å². The monoisotopic (exact) mass is 723 g/mol. The zero-order valence-corrected chi connectivity index (χ0v) is 31.9. The Morgan fingerprint density at radius 3 is 2.08 bits per heavy atom. The molecule has 0 unspecified atom stereocenters. The number of nitrogens with zero attached hydrogens (tertiary/aromatic N) is 1. The predicted octanol–water partition coefficient (Wildman–Crippen LogP) is 3.55. The Kier molecular flexibility index (Phi) is 11.3. The highest BCUT2D eigenvalue weighted by Crippen LogP contribution is 2.65. The molecule has 4 fully saturated rings. The molecule has 5 amide bonds. The minimum absolute atomic E-state index is 0.0150. The number of fused-ring (bicyclic) bond motifs is 1. The molecule has 3 aliphatic carbocycles. The van der Waals surface area contributed by atoms with Gasteiger partial charge in [-0.05, 0) is 68.6 Å². The first-order valence-corrected chi connectivity index (χ1v) is 19.6. The van der Waals surface area contributed by atoms with Crippen LogP contribution in [0.5, 0.6) is 0 Å². The maximum absolute atomic E-state index is 14.4. The summed E-state index contributed by atoms with van der Waals surface area (Å²) in [6.45, 7) is 17.3. The van der Waals surface area contributed by atoms with Crippen molar-refractivity contribution in [3.8, 4) is 0 Å². The first kappa shape index (κ1) is 39.8. The molecule has 0 spiro atoms. The fraction of sp³-hybridized carbons (Fsp3) is 0.806. The number of likely N-dealkylation sites (tertiary alicyclic amines) is 1. The number of urea groups is 1. The minimum atomic E-state index is -3.58. The second-order valence-electron chi connectivity index (χ2n) is 17.8. The number of rotatable bonds is 13. The van der Waals surface area contributed by atoms with E-state index < -0.39 is 85.6 Å². The van der Waals surface area contributed by atoms with Crippen LogP contribution in [0.4, 0.5) is 9.18 Å². The lowest BCUT2D eigenvalue weighted by atomic mass is 9.83. The second kappa shape index (κ2) is 14.2. The van der Waals surface area contributed by atoms with Gasteiger partial charge in [0.05, 0.1) is 28.6 Å². The van der Waals surface area contributed by atoms with Gasteiger partial charge in [0.15, 0.2) is 9.84 Å². The Balaban J connectivity index is 1.55. The average molecular weight is 724 g/mol. The van der Waals surface area contributed by atoms with E-state index in [4.69, 9.17) is 0 Å². The van der Waals surface area contributed by atoms with Gasteiger partial charge in [-0.25, -0.2) is 17.6 Å². The van der Waals surface area contributed by atoms with Gasteiger partial charge < -0.3 is 26.2 Å². The summed E-state index contributed by atoms with van der Waals surface area (Å²) >= 11 is 0. The fourth-order valence-corrected chi connectivity index (χ4v) is 9.27. The molecule has 4 N–H and O–H groups in total. The summed E-state index contributed by atoms with van der Waals surface area (Å²) in [5.41, 5.74) is -2.02. The van der Waals surface area contributed by atoms with E-state index in [1.807, 2.05) is 13.8 Å². The van der Waals surface area contributed by atoms with Crippen LogP contribution in [-0.4, -0.2) is 90.1 Å². The number of carbonyl (C=O) groups is 5. The van der Waals surface area contributed by atoms with Crippen LogP contribution in [0.2, 0.25) is 0 Å². The van der Waals surface area contributed by atoms with Crippen LogP contribution in [0.25, 0.3) is 0 Å². The molecular weight excluding hydrogens is 665 g/mol. The maximum atomic E-state index is 14.4. The van der Waals surface area contributed by atoms with Crippen molar-refractivity contribution < 1.29 is 36.8 Å². The van der Waals surface area contributed by atoms with E-state index >= 15 is 0 Å². The topological polar surface area (TPSA) is 171 Å². The van der Waals surface area contributed by atoms with Crippen LogP contribution in [0.1, 0.15) is 107 Å². The van der Waals surface area contributed by atoms with Crippen LogP contribution >= 0.6 is 0 Å². The van der Waals surface area contributed by atoms with E-state index in [-0.39, 0.29) is 41.9 Å². The Bertz CT molecular complexity index is 1490. The SMILES string of the molecule is C=C(F)CNC(=O)C(=O)[C@H](CC1CC1)NC(=O)[C@@H]1[C@@H]2[C@H](CN1C(=O)[C@@H](NC(=O)NC1(CS(=O)(=O)C(C)(C)C)CCCCC1)C(C)(C)C)C2(C)C. The van der Waals surface area contributed by atoms with Gasteiger partial charge in [0, 0.05) is 6.54 Å². The third kappa shape index (κ3) is 8.88. The summed E-state index contributed by atoms with van der Waals surface area (Å²) in [4.78, 5) is 69.5. The van der Waals surface area contributed by atoms with Gasteiger partial charge in [-0.1, -0.05) is 73.3 Å². The highest BCUT2D eigenvalue weighted by Gasteiger charge is 2.70. The first-order valence-electron chi connectivity index (χ1n) is 18.0. The van der Waals surface area contributed by atoms with Crippen molar-refractivity contribution >= 4 is 39.4 Å². The van der Waals surface area contributed by atoms with Gasteiger partial charge in [-0.15, -0.1) is 0 Å². The Morgan fingerprint density at radius 1 is 0.960 bits per heavy atom. The molecule has 14 heteroatoms. The van der Waals surface area contributed by atoms with Crippen molar-refractivity contribution in [1.29, 1.82) is 0 Å². The number of carbonyl (C=O) groups excluding carboxylic acids is 5. The van der Waals surface area contributed by atoms with Crippen LogP contribution < -0.4 is 21.3 Å². The number of hydrogen-bond donors (Lipinski definition) is 4. The van der Waals surface area contributed by atoms with Gasteiger partial charge in [0.1, 0.15) is 17.9 Å². The summed E-state index contributed by atoms with van der Waals surface area (Å²) in [6.07, 6.45) is 5.44. The molecule has 0 aromatic rings. The van der Waals surface area contributed by atoms with Crippen molar-refractivity contribution in [2.45, 2.75) is 135 Å². The average Bonchev–Trinajstić information content (AvgIpc) is 3.84. The summed E-state index contributed by atoms with van der Waals surface area (Å²) in [5.74, 6) is -3.95. The number of halogens is 1. The standard InChI is InChI=1S/C36H58FN5O7S/c1-21(37)18-38-30(45)27(43)24(17-22-13-14-22)39-29(44)26-25-23(35(25,8)9)19-42(26)31(46)28(33(2,3)4)40-32(47)41-36(15-11-10-12-16-36)20-50(48,49)34(5,6)7/h22-26,28H,1,10-20H2,2-9H3,(H,38,45)(H,39,44)(H2,40,41,47)/t23-,24-,25-,26-,28+/m0/s1. The Labute approximate surface area is 296 Å². The summed E-state index contributed by atoms with van der Waals surface area (Å²) < 4.78 is 38.8. The largest absolute Gasteiger partial charge is 0.344 e. The van der Waals surface area contributed by atoms with Gasteiger partial charge in [-0.3, -0.25) is 19.2 Å². The highest BCUT2D eigenvalue weighted by molar-refractivity contribution is 7.92. The van der Waals surface area contributed by atoms with E-state index in [1.54, 1.807) is 41.5 Å². The molecule has 4 rings (SSSR count). The predicted molar refractivity (Wildman–Crippen MR) is 188 cm³/mol. The van der Waals surface area contributed by atoms with Crippen molar-refractivity contribution in [3.63, 3.8) is 0 Å². The molecule has 0 bridgehead atoms. The quantitative estimate of drug-likeness (QED) is 0.211. The molecular formula is C36H58FN5O7S. The number of amides is 5. The van der Waals surface area contributed by atoms with Crippen molar-refractivity contribution in [1.82, 2.24) is 26.2 Å². The molecule has 12 nitrogen and oxygen atoms in total. The van der Waals surface area contributed by atoms with Crippen molar-refractivity contribution in [3.05, 3.63) is 12.4 Å². The molecule has 5 atom stereocenters. The number of hydrogen-bond acceptors (Lipinski definition) is 7. The number of Topliss-reactive ketones (excluding diaryl/α,β-unsaturated/α-hetero) is 1. The molecule has 1 heterocycles. The van der Waals surface area contributed by atoms with Crippen LogP contribution in [0.3, 0.4) is 0 Å². The molecule has 50 heavy (non-hydrogen) atoms. The molecule has 0 radical (unpaired) electrons. The number of nitrogens with one attached hydrogen (secondary N) is 4. The summed E-state index contributed by atoms with van der Waals surface area (Å²) in [6, 6.07) is -3.80. The minimum Gasteiger partial charge on any atom is -0.344 e. The number of piperidine rings is 1. The number of sulfone groups is 1. The van der Waals surface area contributed by atoms with Gasteiger partial charge in [-0.2, -0.15) is 0 Å². The molecule has 282 valence electrons. The van der Waals surface area contributed by atoms with E-state index in [0.29, 0.717) is 12.8 Å². The molecule has 4 aliphatic rings. The third-order valence-corrected chi connectivity index (χ3v) is 14.1. The molecule has 0 aromatic carbocycles. The van der Waals surface area contributed by atoms with E-state index in [2.05, 4.69) is 27.8 Å². The first-order chi connectivity index (χ1) is 22.9. The molecule has 3 saturated carbocycles. The zero-order valence-electron chi connectivity index (χ0n) is 31.0. The Hall–Kier alpha value is -3.03. The lowest BCUT2D eigenvalue weighted by molar-refractivity contribution is -0.145. The maximum Gasteiger partial charge on any atom is 0.315 e. The second-order valence-corrected chi connectivity index (χ2v) is 20.5. The van der Waals surface area contributed by atoms with Crippen LogP contribution in [0, 0.1) is 28.6 Å². The van der Waals surface area contributed by atoms with Gasteiger partial charge >= 0.3 is 6.03 Å². The smallest absolute Gasteiger partial charge is 0.315 e. The van der Waals surface area contributed by atoms with E-state index in [0.717, 1.165) is 32.1 Å².